The van der Waals surface area contributed by atoms with Crippen LogP contribution in [0.25, 0.3) is 0 Å². The van der Waals surface area contributed by atoms with E-state index in [1.807, 2.05) is 12.1 Å². The molecule has 1 unspecified atom stereocenters. The van der Waals surface area contributed by atoms with Gasteiger partial charge in [-0.15, -0.1) is 6.58 Å². The van der Waals surface area contributed by atoms with Crippen LogP contribution in [-0.4, -0.2) is 11.1 Å². The highest BCUT2D eigenvalue weighted by atomic mass is 16.4. The highest BCUT2D eigenvalue weighted by molar-refractivity contribution is 5.75. The molecule has 0 spiro atoms. The molecule has 0 aliphatic rings. The molecule has 1 heterocycles. The molecule has 0 aliphatic heterocycles. The van der Waals surface area contributed by atoms with Crippen LogP contribution in [-0.2, 0) is 11.2 Å². The van der Waals surface area contributed by atoms with Gasteiger partial charge in [0.05, 0.1) is 11.7 Å². The van der Waals surface area contributed by atoms with Crippen LogP contribution >= 0.6 is 0 Å². The number of rotatable bonds is 18. The van der Waals surface area contributed by atoms with Gasteiger partial charge in [0, 0.05) is 6.42 Å². The molecule has 0 aliphatic carbocycles. The van der Waals surface area contributed by atoms with E-state index < -0.39 is 11.4 Å². The largest absolute Gasteiger partial charge is 0.481 e. The van der Waals surface area contributed by atoms with Crippen molar-refractivity contribution in [3.8, 4) is 0 Å². The van der Waals surface area contributed by atoms with E-state index in [1.165, 1.54) is 64.2 Å². The van der Waals surface area contributed by atoms with Crippen molar-refractivity contribution >= 4 is 5.97 Å². The van der Waals surface area contributed by atoms with Gasteiger partial charge in [-0.3, -0.25) is 4.79 Å². The first kappa shape index (κ1) is 23.5. The van der Waals surface area contributed by atoms with Crippen LogP contribution in [0.5, 0.6) is 0 Å². The molecule has 1 rings (SSSR count). The zero-order valence-electron chi connectivity index (χ0n) is 17.4. The summed E-state index contributed by atoms with van der Waals surface area (Å²) in [4.78, 5) is 12.0. The van der Waals surface area contributed by atoms with E-state index >= 15 is 0 Å². The van der Waals surface area contributed by atoms with Gasteiger partial charge in [-0.25, -0.2) is 0 Å². The fourth-order valence-electron chi connectivity index (χ4n) is 3.86. The Hall–Kier alpha value is -1.51. The van der Waals surface area contributed by atoms with Crippen LogP contribution in [0.3, 0.4) is 0 Å². The Labute approximate surface area is 166 Å². The second-order valence-corrected chi connectivity index (χ2v) is 7.97. The number of allylic oxidation sites excluding steroid dienone is 1. The maximum Gasteiger partial charge on any atom is 0.310 e. The van der Waals surface area contributed by atoms with Crippen LogP contribution in [0.2, 0.25) is 0 Å². The number of aliphatic carboxylic acids is 1. The average Bonchev–Trinajstić information content (AvgIpc) is 3.15. The highest BCUT2D eigenvalue weighted by Gasteiger charge is 2.37. The van der Waals surface area contributed by atoms with Crippen molar-refractivity contribution in [2.45, 2.75) is 103 Å². The lowest BCUT2D eigenvalue weighted by atomic mass is 9.76. The number of carboxylic acids is 1. The van der Waals surface area contributed by atoms with Gasteiger partial charge in [-0.1, -0.05) is 90.0 Å². The lowest BCUT2D eigenvalue weighted by Gasteiger charge is -2.27. The Kier molecular flexibility index (Phi) is 12.7. The normalized spacial score (nSPS) is 13.4. The maximum absolute atomic E-state index is 12.0. The summed E-state index contributed by atoms with van der Waals surface area (Å²) in [5.74, 6) is 0.0139. The van der Waals surface area contributed by atoms with Crippen LogP contribution in [0.1, 0.15) is 103 Å². The first-order chi connectivity index (χ1) is 13.1. The van der Waals surface area contributed by atoms with Crippen molar-refractivity contribution in [3.63, 3.8) is 0 Å². The first-order valence-corrected chi connectivity index (χ1v) is 11.0. The Bertz CT molecular complexity index is 492. The van der Waals surface area contributed by atoms with Crippen LogP contribution < -0.4 is 0 Å². The second kappa shape index (κ2) is 14.5. The fraction of sp³-hybridized carbons (Fsp3) is 0.708. The number of hydrogen-bond acceptors (Lipinski definition) is 2. The van der Waals surface area contributed by atoms with Crippen LogP contribution in [0.15, 0.2) is 35.5 Å². The summed E-state index contributed by atoms with van der Waals surface area (Å²) in [7, 11) is 0. The van der Waals surface area contributed by atoms with Crippen molar-refractivity contribution in [2.75, 3.05) is 0 Å². The molecule has 0 fully saturated rings. The third-order valence-corrected chi connectivity index (χ3v) is 5.59. The summed E-state index contributed by atoms with van der Waals surface area (Å²) in [6.07, 6.45) is 20.4. The third kappa shape index (κ3) is 9.83. The van der Waals surface area contributed by atoms with Crippen molar-refractivity contribution < 1.29 is 14.3 Å². The van der Waals surface area contributed by atoms with Gasteiger partial charge in [-0.2, -0.15) is 0 Å². The summed E-state index contributed by atoms with van der Waals surface area (Å²) in [5, 5.41) is 9.84. The molecule has 3 heteroatoms. The first-order valence-electron chi connectivity index (χ1n) is 11.0. The second-order valence-electron chi connectivity index (χ2n) is 7.97. The maximum atomic E-state index is 12.0. The standard InChI is InChI=1S/C24H40O3/c1-3-5-6-7-8-9-10-11-12-13-14-15-19-24(18-4-2,23(25)26)21-22-17-16-20-27-22/h4,16-17,20H,2-3,5-15,18-19,21H2,1H3,(H,25,26). The zero-order chi connectivity index (χ0) is 19.8. The Balaban J connectivity index is 2.20. The topological polar surface area (TPSA) is 50.4 Å². The SMILES string of the molecule is C=CCC(CCCCCCCCCCCCCC)(Cc1ccco1)C(=O)O. The minimum atomic E-state index is -0.780. The highest BCUT2D eigenvalue weighted by Crippen LogP contribution is 2.34. The quantitative estimate of drug-likeness (QED) is 0.212. The van der Waals surface area contributed by atoms with Gasteiger partial charge in [0.25, 0.3) is 0 Å². The van der Waals surface area contributed by atoms with E-state index in [0.717, 1.165) is 18.6 Å². The minimum Gasteiger partial charge on any atom is -0.481 e. The van der Waals surface area contributed by atoms with Gasteiger partial charge in [0.2, 0.25) is 0 Å². The molecule has 27 heavy (non-hydrogen) atoms. The van der Waals surface area contributed by atoms with Crippen LogP contribution in [0, 0.1) is 5.41 Å². The smallest absolute Gasteiger partial charge is 0.310 e. The van der Waals surface area contributed by atoms with E-state index in [1.54, 1.807) is 12.3 Å². The number of hydrogen-bond donors (Lipinski definition) is 1. The van der Waals surface area contributed by atoms with Crippen molar-refractivity contribution in [1.29, 1.82) is 0 Å². The van der Waals surface area contributed by atoms with Crippen LogP contribution in [0.4, 0.5) is 0 Å². The van der Waals surface area contributed by atoms with E-state index in [9.17, 15) is 9.90 Å². The summed E-state index contributed by atoms with van der Waals surface area (Å²) >= 11 is 0. The summed E-state index contributed by atoms with van der Waals surface area (Å²) in [5.41, 5.74) is -0.780. The summed E-state index contributed by atoms with van der Waals surface area (Å²) in [6, 6.07) is 3.68. The summed E-state index contributed by atoms with van der Waals surface area (Å²) in [6.45, 7) is 6.03. The molecule has 0 amide bonds. The third-order valence-electron chi connectivity index (χ3n) is 5.59. The predicted molar refractivity (Wildman–Crippen MR) is 113 cm³/mol. The molecule has 1 aromatic rings. The van der Waals surface area contributed by atoms with Crippen molar-refractivity contribution in [2.24, 2.45) is 5.41 Å². The lowest BCUT2D eigenvalue weighted by molar-refractivity contribution is -0.149. The Morgan fingerprint density at radius 2 is 1.59 bits per heavy atom. The van der Waals surface area contributed by atoms with Crippen molar-refractivity contribution in [3.05, 3.63) is 36.8 Å². The molecule has 1 aromatic heterocycles. The molecule has 1 atom stereocenters. The molecule has 0 bridgehead atoms. The van der Waals surface area contributed by atoms with Gasteiger partial charge in [0.1, 0.15) is 5.76 Å². The lowest BCUT2D eigenvalue weighted by Crippen LogP contribution is -2.33. The Morgan fingerprint density at radius 3 is 2.04 bits per heavy atom. The van der Waals surface area contributed by atoms with Crippen molar-refractivity contribution in [1.82, 2.24) is 0 Å². The number of carbonyl (C=O) groups is 1. The fourth-order valence-corrected chi connectivity index (χ4v) is 3.86. The molecule has 3 nitrogen and oxygen atoms in total. The number of unbranched alkanes of at least 4 members (excludes halogenated alkanes) is 11. The molecule has 0 radical (unpaired) electrons. The molecular formula is C24H40O3. The molecule has 0 aromatic carbocycles. The monoisotopic (exact) mass is 376 g/mol. The molecule has 154 valence electrons. The molecule has 0 saturated heterocycles. The molecular weight excluding hydrogens is 336 g/mol. The average molecular weight is 377 g/mol. The van der Waals surface area contributed by atoms with E-state index in [2.05, 4.69) is 13.5 Å². The van der Waals surface area contributed by atoms with Gasteiger partial charge in [0.15, 0.2) is 0 Å². The van der Waals surface area contributed by atoms with Gasteiger partial charge >= 0.3 is 5.97 Å². The van der Waals surface area contributed by atoms with E-state index in [4.69, 9.17) is 4.42 Å². The van der Waals surface area contributed by atoms with E-state index in [-0.39, 0.29) is 0 Å². The van der Waals surface area contributed by atoms with Gasteiger partial charge in [-0.05, 0) is 25.0 Å². The predicted octanol–water partition coefficient (Wildman–Crippen LogP) is 7.56. The van der Waals surface area contributed by atoms with Gasteiger partial charge < -0.3 is 9.52 Å². The summed E-state index contributed by atoms with van der Waals surface area (Å²) < 4.78 is 5.40. The number of furan rings is 1. The molecule has 1 N–H and O–H groups in total. The minimum absolute atomic E-state index is 0.444. The zero-order valence-corrected chi connectivity index (χ0v) is 17.4. The molecule has 0 saturated carbocycles. The van der Waals surface area contributed by atoms with E-state index in [0.29, 0.717) is 19.3 Å². The number of carboxylic acid groups (broad SMARTS) is 1. The Morgan fingerprint density at radius 1 is 1.04 bits per heavy atom.